The molecular weight excluding hydrogens is 162 g/mol. The van der Waals surface area contributed by atoms with Crippen molar-refractivity contribution >= 4 is 12.4 Å². The third kappa shape index (κ3) is 2.62. The summed E-state index contributed by atoms with van der Waals surface area (Å²) in [4.78, 5) is 0. The van der Waals surface area contributed by atoms with Gasteiger partial charge in [0.25, 0.3) is 0 Å². The van der Waals surface area contributed by atoms with Gasteiger partial charge in [0.2, 0.25) is 0 Å². The van der Waals surface area contributed by atoms with Crippen LogP contribution in [-0.2, 0) is 4.74 Å². The van der Waals surface area contributed by atoms with Crippen molar-refractivity contribution in [3.8, 4) is 0 Å². The molecular formula is C8H18ClNO. The van der Waals surface area contributed by atoms with E-state index in [0.29, 0.717) is 18.6 Å². The Kier molecular flexibility index (Phi) is 5.06. The highest BCUT2D eigenvalue weighted by molar-refractivity contribution is 5.85. The zero-order valence-electron chi connectivity index (χ0n) is 7.25. The molecule has 2 N–H and O–H groups in total. The minimum Gasteiger partial charge on any atom is -0.377 e. The van der Waals surface area contributed by atoms with Crippen LogP contribution >= 0.6 is 12.4 Å². The van der Waals surface area contributed by atoms with E-state index in [1.54, 1.807) is 0 Å². The molecule has 11 heavy (non-hydrogen) atoms. The van der Waals surface area contributed by atoms with Crippen molar-refractivity contribution in [1.82, 2.24) is 0 Å². The van der Waals surface area contributed by atoms with Crippen molar-refractivity contribution in [3.63, 3.8) is 0 Å². The number of ether oxygens (including phenoxy) is 1. The number of hydrogen-bond acceptors (Lipinski definition) is 2. The molecule has 3 heteroatoms. The third-order valence-electron chi connectivity index (χ3n) is 2.35. The first kappa shape index (κ1) is 11.2. The van der Waals surface area contributed by atoms with Crippen molar-refractivity contribution in [2.45, 2.75) is 26.4 Å². The van der Waals surface area contributed by atoms with Crippen LogP contribution in [0.1, 0.15) is 20.3 Å². The van der Waals surface area contributed by atoms with Gasteiger partial charge in [0.05, 0.1) is 6.10 Å². The van der Waals surface area contributed by atoms with E-state index in [4.69, 9.17) is 10.5 Å². The van der Waals surface area contributed by atoms with E-state index in [0.717, 1.165) is 12.5 Å². The van der Waals surface area contributed by atoms with Gasteiger partial charge in [-0.3, -0.25) is 0 Å². The first-order chi connectivity index (χ1) is 4.75. The molecule has 1 aliphatic heterocycles. The van der Waals surface area contributed by atoms with Crippen LogP contribution in [-0.4, -0.2) is 19.3 Å². The zero-order valence-corrected chi connectivity index (χ0v) is 8.06. The van der Waals surface area contributed by atoms with Crippen molar-refractivity contribution in [3.05, 3.63) is 0 Å². The van der Waals surface area contributed by atoms with E-state index in [-0.39, 0.29) is 12.4 Å². The lowest BCUT2D eigenvalue weighted by molar-refractivity contribution is 0.0863. The molecule has 0 bridgehead atoms. The predicted molar refractivity (Wildman–Crippen MR) is 49.0 cm³/mol. The van der Waals surface area contributed by atoms with E-state index < -0.39 is 0 Å². The number of hydrogen-bond donors (Lipinski definition) is 1. The van der Waals surface area contributed by atoms with Gasteiger partial charge in [0.1, 0.15) is 0 Å². The van der Waals surface area contributed by atoms with Gasteiger partial charge in [-0.1, -0.05) is 13.8 Å². The van der Waals surface area contributed by atoms with Gasteiger partial charge in [-0.05, 0) is 18.3 Å². The standard InChI is InChI=1S/C8H17NO.ClH/c1-6(2)7-3-4-10-8(7)5-9;/h6-8H,3-5,9H2,1-2H3;1H. The van der Waals surface area contributed by atoms with Crippen molar-refractivity contribution in [2.24, 2.45) is 17.6 Å². The van der Waals surface area contributed by atoms with Gasteiger partial charge in [-0.25, -0.2) is 0 Å². The van der Waals surface area contributed by atoms with Crippen LogP contribution in [0.4, 0.5) is 0 Å². The molecule has 0 aromatic heterocycles. The summed E-state index contributed by atoms with van der Waals surface area (Å²) in [6.07, 6.45) is 1.53. The van der Waals surface area contributed by atoms with Gasteiger partial charge in [0, 0.05) is 13.2 Å². The maximum absolute atomic E-state index is 5.54. The van der Waals surface area contributed by atoms with Gasteiger partial charge < -0.3 is 10.5 Å². The normalized spacial score (nSPS) is 30.5. The molecule has 0 saturated carbocycles. The molecule has 1 saturated heterocycles. The fourth-order valence-electron chi connectivity index (χ4n) is 1.67. The van der Waals surface area contributed by atoms with Gasteiger partial charge >= 0.3 is 0 Å². The van der Waals surface area contributed by atoms with Gasteiger partial charge in [0.15, 0.2) is 0 Å². The Morgan fingerprint density at radius 3 is 2.55 bits per heavy atom. The topological polar surface area (TPSA) is 35.2 Å². The molecule has 1 aliphatic rings. The Bertz CT molecular complexity index is 108. The molecule has 0 aromatic carbocycles. The van der Waals surface area contributed by atoms with E-state index in [2.05, 4.69) is 13.8 Å². The van der Waals surface area contributed by atoms with Crippen LogP contribution in [0.15, 0.2) is 0 Å². The molecule has 0 spiro atoms. The third-order valence-corrected chi connectivity index (χ3v) is 2.35. The second-order valence-corrected chi connectivity index (χ2v) is 3.34. The van der Waals surface area contributed by atoms with Crippen molar-refractivity contribution in [1.29, 1.82) is 0 Å². The van der Waals surface area contributed by atoms with Crippen LogP contribution in [0.3, 0.4) is 0 Å². The van der Waals surface area contributed by atoms with E-state index in [1.165, 1.54) is 6.42 Å². The Morgan fingerprint density at radius 1 is 1.55 bits per heavy atom. The smallest absolute Gasteiger partial charge is 0.0728 e. The molecule has 1 fully saturated rings. The minimum atomic E-state index is 0. The maximum atomic E-state index is 5.54. The zero-order chi connectivity index (χ0) is 7.56. The van der Waals surface area contributed by atoms with Crippen LogP contribution < -0.4 is 5.73 Å². The van der Waals surface area contributed by atoms with E-state index in [9.17, 15) is 0 Å². The molecule has 1 rings (SSSR count). The molecule has 0 radical (unpaired) electrons. The van der Waals surface area contributed by atoms with Crippen molar-refractivity contribution < 1.29 is 4.74 Å². The highest BCUT2D eigenvalue weighted by Gasteiger charge is 2.28. The second-order valence-electron chi connectivity index (χ2n) is 3.34. The lowest BCUT2D eigenvalue weighted by Crippen LogP contribution is -2.28. The molecule has 0 amide bonds. The summed E-state index contributed by atoms with van der Waals surface area (Å²) >= 11 is 0. The molecule has 0 aliphatic carbocycles. The average Bonchev–Trinajstić information content (AvgIpc) is 2.33. The Labute approximate surface area is 74.9 Å². The summed E-state index contributed by atoms with van der Waals surface area (Å²) in [6.45, 7) is 6.07. The summed E-state index contributed by atoms with van der Waals surface area (Å²) < 4.78 is 5.45. The van der Waals surface area contributed by atoms with Crippen LogP contribution in [0.2, 0.25) is 0 Å². The van der Waals surface area contributed by atoms with E-state index >= 15 is 0 Å². The van der Waals surface area contributed by atoms with Gasteiger partial charge in [-0.15, -0.1) is 12.4 Å². The fourth-order valence-corrected chi connectivity index (χ4v) is 1.67. The Hall–Kier alpha value is 0.210. The van der Waals surface area contributed by atoms with E-state index in [1.807, 2.05) is 0 Å². The summed E-state index contributed by atoms with van der Waals surface area (Å²) in [6, 6.07) is 0. The summed E-state index contributed by atoms with van der Waals surface area (Å²) in [5, 5.41) is 0. The first-order valence-corrected chi connectivity index (χ1v) is 4.07. The quantitative estimate of drug-likeness (QED) is 0.696. The van der Waals surface area contributed by atoms with Crippen LogP contribution in [0, 0.1) is 11.8 Å². The average molecular weight is 180 g/mol. The fraction of sp³-hybridized carbons (Fsp3) is 1.00. The summed E-state index contributed by atoms with van der Waals surface area (Å²) in [7, 11) is 0. The van der Waals surface area contributed by atoms with Crippen LogP contribution in [0.5, 0.6) is 0 Å². The molecule has 2 atom stereocenters. The Balaban J connectivity index is 0.000001000. The number of rotatable bonds is 2. The number of nitrogens with two attached hydrogens (primary N) is 1. The largest absolute Gasteiger partial charge is 0.377 e. The SMILES string of the molecule is CC(C)C1CCOC1CN.Cl. The Morgan fingerprint density at radius 2 is 2.18 bits per heavy atom. The maximum Gasteiger partial charge on any atom is 0.0728 e. The second kappa shape index (κ2) is 4.96. The summed E-state index contributed by atoms with van der Waals surface area (Å²) in [5.74, 6) is 1.42. The molecule has 2 nitrogen and oxygen atoms in total. The lowest BCUT2D eigenvalue weighted by atomic mass is 9.90. The number of halogens is 1. The lowest BCUT2D eigenvalue weighted by Gasteiger charge is -2.19. The molecule has 1 heterocycles. The van der Waals surface area contributed by atoms with Gasteiger partial charge in [-0.2, -0.15) is 0 Å². The molecule has 0 aromatic rings. The monoisotopic (exact) mass is 179 g/mol. The predicted octanol–water partition coefficient (Wildman–Crippen LogP) is 1.43. The highest BCUT2D eigenvalue weighted by atomic mass is 35.5. The molecule has 2 unspecified atom stereocenters. The van der Waals surface area contributed by atoms with Crippen LogP contribution in [0.25, 0.3) is 0 Å². The molecule has 68 valence electrons. The summed E-state index contributed by atoms with van der Waals surface area (Å²) in [5.41, 5.74) is 5.54. The first-order valence-electron chi connectivity index (χ1n) is 4.07. The minimum absolute atomic E-state index is 0. The highest BCUT2D eigenvalue weighted by Crippen LogP contribution is 2.26. The van der Waals surface area contributed by atoms with Crippen molar-refractivity contribution in [2.75, 3.05) is 13.2 Å².